The van der Waals surface area contributed by atoms with Gasteiger partial charge in [-0.1, -0.05) is 19.9 Å². The average molecular weight is 251 g/mol. The summed E-state index contributed by atoms with van der Waals surface area (Å²) in [5.74, 6) is 1.71. The Bertz CT molecular complexity index is 339. The van der Waals surface area contributed by atoms with Gasteiger partial charge in [-0.05, 0) is 50.6 Å². The van der Waals surface area contributed by atoms with Crippen LogP contribution in [0.25, 0.3) is 0 Å². The van der Waals surface area contributed by atoms with Crippen LogP contribution in [-0.2, 0) is 6.42 Å². The summed E-state index contributed by atoms with van der Waals surface area (Å²) in [4.78, 5) is 0. The molecule has 0 aromatic heterocycles. The number of rotatable bonds is 9. The van der Waals surface area contributed by atoms with Crippen molar-refractivity contribution in [2.24, 2.45) is 0 Å². The first-order valence-corrected chi connectivity index (χ1v) is 6.91. The van der Waals surface area contributed by atoms with Crippen molar-refractivity contribution in [3.63, 3.8) is 0 Å². The first-order valence-electron chi connectivity index (χ1n) is 6.91. The quantitative estimate of drug-likeness (QED) is 0.684. The number of ether oxygens (including phenoxy) is 2. The van der Waals surface area contributed by atoms with Crippen molar-refractivity contribution < 1.29 is 9.47 Å². The van der Waals surface area contributed by atoms with Gasteiger partial charge < -0.3 is 14.8 Å². The molecule has 18 heavy (non-hydrogen) atoms. The maximum atomic E-state index is 5.68. The highest BCUT2D eigenvalue weighted by molar-refractivity contribution is 5.43. The maximum absolute atomic E-state index is 5.68. The highest BCUT2D eigenvalue weighted by Gasteiger charge is 2.06. The van der Waals surface area contributed by atoms with E-state index in [-0.39, 0.29) is 0 Å². The van der Waals surface area contributed by atoms with Crippen LogP contribution >= 0.6 is 0 Å². The fraction of sp³-hybridized carbons (Fsp3) is 0.600. The van der Waals surface area contributed by atoms with Crippen LogP contribution in [0.5, 0.6) is 11.5 Å². The normalized spacial score (nSPS) is 10.4. The predicted octanol–water partition coefficient (Wildman–Crippen LogP) is 3.03. The second kappa shape index (κ2) is 8.81. The molecule has 0 aliphatic carbocycles. The molecule has 102 valence electrons. The van der Waals surface area contributed by atoms with Gasteiger partial charge in [0, 0.05) is 0 Å². The van der Waals surface area contributed by atoms with Crippen molar-refractivity contribution >= 4 is 0 Å². The zero-order valence-corrected chi connectivity index (χ0v) is 11.8. The Morgan fingerprint density at radius 1 is 1.06 bits per heavy atom. The molecule has 1 N–H and O–H groups in total. The van der Waals surface area contributed by atoms with E-state index in [4.69, 9.17) is 9.47 Å². The summed E-state index contributed by atoms with van der Waals surface area (Å²) in [7, 11) is 0. The highest BCUT2D eigenvalue weighted by Crippen LogP contribution is 2.28. The summed E-state index contributed by atoms with van der Waals surface area (Å²) in [5, 5.41) is 3.33. The Balaban J connectivity index is 2.68. The van der Waals surface area contributed by atoms with Gasteiger partial charge >= 0.3 is 0 Å². The number of benzene rings is 1. The lowest BCUT2D eigenvalue weighted by Crippen LogP contribution is -2.16. The molecule has 3 heteroatoms. The van der Waals surface area contributed by atoms with E-state index in [9.17, 15) is 0 Å². The van der Waals surface area contributed by atoms with Gasteiger partial charge in [-0.2, -0.15) is 0 Å². The Morgan fingerprint density at radius 3 is 2.56 bits per heavy atom. The maximum Gasteiger partial charge on any atom is 0.161 e. The molecule has 0 aliphatic heterocycles. The summed E-state index contributed by atoms with van der Waals surface area (Å²) >= 11 is 0. The molecule has 0 heterocycles. The lowest BCUT2D eigenvalue weighted by Gasteiger charge is -2.13. The number of nitrogens with one attached hydrogen (secondary N) is 1. The molecule has 0 fully saturated rings. The van der Waals surface area contributed by atoms with E-state index in [1.807, 2.05) is 13.0 Å². The molecule has 0 amide bonds. The third-order valence-corrected chi connectivity index (χ3v) is 2.61. The van der Waals surface area contributed by atoms with Crippen LogP contribution in [0.3, 0.4) is 0 Å². The van der Waals surface area contributed by atoms with Crippen LogP contribution in [-0.4, -0.2) is 26.3 Å². The van der Waals surface area contributed by atoms with Gasteiger partial charge in [-0.3, -0.25) is 0 Å². The molecule has 0 saturated heterocycles. The van der Waals surface area contributed by atoms with E-state index in [0.717, 1.165) is 44.0 Å². The lowest BCUT2D eigenvalue weighted by molar-refractivity contribution is 0.276. The Labute approximate surface area is 110 Å². The minimum absolute atomic E-state index is 0.666. The van der Waals surface area contributed by atoms with Crippen LogP contribution in [0.2, 0.25) is 0 Å². The van der Waals surface area contributed by atoms with E-state index in [2.05, 4.69) is 31.3 Å². The molecule has 0 atom stereocenters. The first-order chi connectivity index (χ1) is 8.81. The summed E-state index contributed by atoms with van der Waals surface area (Å²) in [6.07, 6.45) is 2.02. The largest absolute Gasteiger partial charge is 0.490 e. The topological polar surface area (TPSA) is 30.5 Å². The summed E-state index contributed by atoms with van der Waals surface area (Å²) in [5.41, 5.74) is 1.28. The van der Waals surface area contributed by atoms with Gasteiger partial charge in [0.1, 0.15) is 0 Å². The van der Waals surface area contributed by atoms with Gasteiger partial charge in [0.05, 0.1) is 13.2 Å². The molecular formula is C15H25NO2. The molecular weight excluding hydrogens is 226 g/mol. The zero-order chi connectivity index (χ0) is 13.2. The second-order valence-electron chi connectivity index (χ2n) is 4.17. The van der Waals surface area contributed by atoms with Crippen molar-refractivity contribution in [3.05, 3.63) is 23.8 Å². The van der Waals surface area contributed by atoms with E-state index < -0.39 is 0 Å². The van der Waals surface area contributed by atoms with Gasteiger partial charge in [-0.15, -0.1) is 0 Å². The highest BCUT2D eigenvalue weighted by atomic mass is 16.5. The summed E-state index contributed by atoms with van der Waals surface area (Å²) in [6, 6.07) is 6.22. The van der Waals surface area contributed by atoms with E-state index in [1.165, 1.54) is 5.56 Å². The molecule has 1 rings (SSSR count). The van der Waals surface area contributed by atoms with Crippen LogP contribution in [0, 0.1) is 0 Å². The van der Waals surface area contributed by atoms with Crippen molar-refractivity contribution in [2.75, 3.05) is 26.3 Å². The molecule has 0 aliphatic rings. The molecule has 1 aromatic carbocycles. The Kier molecular flexibility index (Phi) is 7.26. The average Bonchev–Trinajstić information content (AvgIpc) is 2.38. The van der Waals surface area contributed by atoms with Crippen LogP contribution < -0.4 is 14.8 Å². The zero-order valence-electron chi connectivity index (χ0n) is 11.8. The van der Waals surface area contributed by atoms with E-state index in [1.54, 1.807) is 0 Å². The lowest BCUT2D eigenvalue weighted by atomic mass is 10.1. The standard InChI is InChI=1S/C15H25NO2/c1-4-11-18-14-8-7-13(9-10-16-5-2)12-15(14)17-6-3/h7-8,12,16H,4-6,9-11H2,1-3H3. The molecule has 0 radical (unpaired) electrons. The number of likely N-dealkylation sites (N-methyl/N-ethyl adjacent to an activating group) is 1. The SMILES string of the molecule is CCCOc1ccc(CCNCC)cc1OCC. The number of hydrogen-bond acceptors (Lipinski definition) is 3. The van der Waals surface area contributed by atoms with Crippen molar-refractivity contribution in [1.29, 1.82) is 0 Å². The van der Waals surface area contributed by atoms with E-state index >= 15 is 0 Å². The molecule has 3 nitrogen and oxygen atoms in total. The predicted molar refractivity (Wildman–Crippen MR) is 75.6 cm³/mol. The van der Waals surface area contributed by atoms with Crippen molar-refractivity contribution in [1.82, 2.24) is 5.32 Å². The fourth-order valence-electron chi connectivity index (χ4n) is 1.72. The van der Waals surface area contributed by atoms with Crippen molar-refractivity contribution in [3.8, 4) is 11.5 Å². The van der Waals surface area contributed by atoms with Crippen molar-refractivity contribution in [2.45, 2.75) is 33.6 Å². The second-order valence-corrected chi connectivity index (χ2v) is 4.17. The smallest absolute Gasteiger partial charge is 0.161 e. The molecule has 0 bridgehead atoms. The van der Waals surface area contributed by atoms with Gasteiger partial charge in [0.2, 0.25) is 0 Å². The van der Waals surface area contributed by atoms with Gasteiger partial charge in [-0.25, -0.2) is 0 Å². The Morgan fingerprint density at radius 2 is 1.89 bits per heavy atom. The third-order valence-electron chi connectivity index (χ3n) is 2.61. The summed E-state index contributed by atoms with van der Waals surface area (Å²) < 4.78 is 11.3. The Hall–Kier alpha value is -1.22. The molecule has 0 spiro atoms. The van der Waals surface area contributed by atoms with Gasteiger partial charge in [0.15, 0.2) is 11.5 Å². The fourth-order valence-corrected chi connectivity index (χ4v) is 1.72. The minimum Gasteiger partial charge on any atom is -0.490 e. The molecule has 1 aromatic rings. The van der Waals surface area contributed by atoms with Crippen LogP contribution in [0.1, 0.15) is 32.8 Å². The minimum atomic E-state index is 0.666. The first kappa shape index (κ1) is 14.8. The van der Waals surface area contributed by atoms with E-state index in [0.29, 0.717) is 6.61 Å². The number of hydrogen-bond donors (Lipinski definition) is 1. The summed E-state index contributed by atoms with van der Waals surface area (Å²) in [6.45, 7) is 9.62. The molecule has 0 saturated carbocycles. The van der Waals surface area contributed by atoms with Gasteiger partial charge in [0.25, 0.3) is 0 Å². The van der Waals surface area contributed by atoms with Crippen LogP contribution in [0.15, 0.2) is 18.2 Å². The van der Waals surface area contributed by atoms with Crippen LogP contribution in [0.4, 0.5) is 0 Å². The monoisotopic (exact) mass is 251 g/mol. The third kappa shape index (κ3) is 4.96. The molecule has 0 unspecified atom stereocenters.